The minimum Gasteiger partial charge on any atom is -0.378 e. The van der Waals surface area contributed by atoms with E-state index in [0.29, 0.717) is 6.54 Å². The highest BCUT2D eigenvalue weighted by atomic mass is 19.1. The molecule has 2 rings (SSSR count). The van der Waals surface area contributed by atoms with E-state index in [1.165, 1.54) is 11.3 Å². The van der Waals surface area contributed by atoms with Crippen LogP contribution >= 0.6 is 0 Å². The zero-order valence-corrected chi connectivity index (χ0v) is 12.2. The molecule has 0 bridgehead atoms. The molecule has 1 aromatic heterocycles. The normalized spacial score (nSPS) is 10.6. The van der Waals surface area contributed by atoms with Crippen LogP contribution in [0.25, 0.3) is 0 Å². The van der Waals surface area contributed by atoms with Crippen LogP contribution in [-0.4, -0.2) is 30.6 Å². The average molecular weight is 276 g/mol. The van der Waals surface area contributed by atoms with Crippen molar-refractivity contribution < 1.29 is 4.39 Å². The minimum atomic E-state index is -0.409. The van der Waals surface area contributed by atoms with Crippen molar-refractivity contribution in [3.05, 3.63) is 41.6 Å². The molecule has 0 spiro atoms. The van der Waals surface area contributed by atoms with Crippen molar-refractivity contribution in [2.45, 2.75) is 20.0 Å². The first kappa shape index (κ1) is 14.4. The summed E-state index contributed by atoms with van der Waals surface area (Å²) < 4.78 is 14.1. The summed E-state index contributed by atoms with van der Waals surface area (Å²) in [6, 6.07) is 8.35. The van der Waals surface area contributed by atoms with E-state index in [9.17, 15) is 4.39 Å². The Morgan fingerprint density at radius 1 is 1.25 bits per heavy atom. The van der Waals surface area contributed by atoms with Crippen molar-refractivity contribution in [1.29, 1.82) is 0 Å². The number of benzene rings is 1. The van der Waals surface area contributed by atoms with Crippen LogP contribution < -0.4 is 10.2 Å². The van der Waals surface area contributed by atoms with Crippen molar-refractivity contribution in [3.8, 4) is 0 Å². The molecule has 0 aliphatic carbocycles. The SMILES string of the molecule is Cc1cnn(CCF)c1NCc1ccc(N(C)C)cc1. The molecule has 0 unspecified atom stereocenters. The molecule has 1 N–H and O–H groups in total. The Hall–Kier alpha value is -2.04. The molecule has 5 heteroatoms. The third-order valence-electron chi connectivity index (χ3n) is 3.23. The van der Waals surface area contributed by atoms with Gasteiger partial charge in [-0.2, -0.15) is 5.10 Å². The van der Waals surface area contributed by atoms with E-state index >= 15 is 0 Å². The van der Waals surface area contributed by atoms with Gasteiger partial charge in [-0.15, -0.1) is 0 Å². The number of aryl methyl sites for hydroxylation is 2. The lowest BCUT2D eigenvalue weighted by atomic mass is 10.2. The summed E-state index contributed by atoms with van der Waals surface area (Å²) >= 11 is 0. The Labute approximate surface area is 119 Å². The molecule has 108 valence electrons. The van der Waals surface area contributed by atoms with Gasteiger partial charge in [0, 0.05) is 31.9 Å². The fourth-order valence-electron chi connectivity index (χ4n) is 2.06. The van der Waals surface area contributed by atoms with Crippen molar-refractivity contribution in [3.63, 3.8) is 0 Å². The highest BCUT2D eigenvalue weighted by Crippen LogP contribution is 2.17. The molecule has 4 nitrogen and oxygen atoms in total. The number of hydrogen-bond donors (Lipinski definition) is 1. The number of nitrogens with one attached hydrogen (secondary N) is 1. The topological polar surface area (TPSA) is 33.1 Å². The van der Waals surface area contributed by atoms with Crippen molar-refractivity contribution in [2.75, 3.05) is 31.0 Å². The summed E-state index contributed by atoms with van der Waals surface area (Å²) in [5, 5.41) is 7.49. The van der Waals surface area contributed by atoms with Crippen LogP contribution in [0, 0.1) is 6.92 Å². The van der Waals surface area contributed by atoms with Gasteiger partial charge in [0.2, 0.25) is 0 Å². The predicted octanol–water partition coefficient (Wildman–Crippen LogP) is 2.84. The molecule has 0 radical (unpaired) electrons. The molecule has 1 aromatic carbocycles. The largest absolute Gasteiger partial charge is 0.378 e. The molecule has 1 heterocycles. The van der Waals surface area contributed by atoms with Crippen LogP contribution in [0.15, 0.2) is 30.5 Å². The second kappa shape index (κ2) is 6.41. The third-order valence-corrected chi connectivity index (χ3v) is 3.23. The van der Waals surface area contributed by atoms with Crippen LogP contribution in [0.5, 0.6) is 0 Å². The van der Waals surface area contributed by atoms with Gasteiger partial charge in [0.05, 0.1) is 12.7 Å². The van der Waals surface area contributed by atoms with E-state index in [4.69, 9.17) is 0 Å². The van der Waals surface area contributed by atoms with E-state index in [-0.39, 0.29) is 6.54 Å². The van der Waals surface area contributed by atoms with Crippen molar-refractivity contribution >= 4 is 11.5 Å². The summed E-state index contributed by atoms with van der Waals surface area (Å²) in [6.45, 7) is 2.55. The molecule has 0 saturated heterocycles. The number of nitrogens with zero attached hydrogens (tertiary/aromatic N) is 3. The fourth-order valence-corrected chi connectivity index (χ4v) is 2.06. The smallest absolute Gasteiger partial charge is 0.127 e. The van der Waals surface area contributed by atoms with E-state index < -0.39 is 6.67 Å². The maximum Gasteiger partial charge on any atom is 0.127 e. The Morgan fingerprint density at radius 3 is 2.55 bits per heavy atom. The summed E-state index contributed by atoms with van der Waals surface area (Å²) in [5.41, 5.74) is 3.39. The van der Waals surface area contributed by atoms with E-state index in [1.54, 1.807) is 10.9 Å². The van der Waals surface area contributed by atoms with E-state index in [2.05, 4.69) is 39.6 Å². The van der Waals surface area contributed by atoms with Crippen LogP contribution in [0.4, 0.5) is 15.9 Å². The lowest BCUT2D eigenvalue weighted by Crippen LogP contribution is -2.10. The van der Waals surface area contributed by atoms with Gasteiger partial charge >= 0.3 is 0 Å². The second-order valence-corrected chi connectivity index (χ2v) is 5.00. The van der Waals surface area contributed by atoms with Gasteiger partial charge in [-0.05, 0) is 24.6 Å². The van der Waals surface area contributed by atoms with Crippen molar-refractivity contribution in [1.82, 2.24) is 9.78 Å². The Kier molecular flexibility index (Phi) is 4.61. The van der Waals surface area contributed by atoms with Gasteiger partial charge in [0.1, 0.15) is 12.5 Å². The molecule has 20 heavy (non-hydrogen) atoms. The molecular formula is C15H21FN4. The van der Waals surface area contributed by atoms with E-state index in [0.717, 1.165) is 11.4 Å². The van der Waals surface area contributed by atoms with Gasteiger partial charge in [0.25, 0.3) is 0 Å². The van der Waals surface area contributed by atoms with E-state index in [1.807, 2.05) is 21.0 Å². The third kappa shape index (κ3) is 3.29. The second-order valence-electron chi connectivity index (χ2n) is 5.00. The standard InChI is InChI=1S/C15H21FN4/c1-12-10-18-20(9-8-16)15(12)17-11-13-4-6-14(7-5-13)19(2)3/h4-7,10,17H,8-9,11H2,1-3H3. The highest BCUT2D eigenvalue weighted by molar-refractivity contribution is 5.48. The van der Waals surface area contributed by atoms with Crippen LogP contribution in [0.2, 0.25) is 0 Å². The molecule has 0 fully saturated rings. The molecule has 0 saturated carbocycles. The maximum atomic E-state index is 12.5. The summed E-state index contributed by atoms with van der Waals surface area (Å²) in [6.07, 6.45) is 1.76. The van der Waals surface area contributed by atoms with Crippen LogP contribution in [0.3, 0.4) is 0 Å². The number of hydrogen-bond acceptors (Lipinski definition) is 3. The fraction of sp³-hybridized carbons (Fsp3) is 0.400. The predicted molar refractivity (Wildman–Crippen MR) is 81.0 cm³/mol. The minimum absolute atomic E-state index is 0.287. The molecule has 2 aromatic rings. The Bertz CT molecular complexity index is 546. The summed E-state index contributed by atoms with van der Waals surface area (Å²) in [5.74, 6) is 0.888. The average Bonchev–Trinajstić information content (AvgIpc) is 2.78. The number of alkyl halides is 1. The lowest BCUT2D eigenvalue weighted by Gasteiger charge is -2.14. The molecule has 0 amide bonds. The number of aromatic nitrogens is 2. The summed E-state index contributed by atoms with van der Waals surface area (Å²) in [7, 11) is 4.04. The molecule has 0 aliphatic rings. The van der Waals surface area contributed by atoms with Gasteiger partial charge < -0.3 is 10.2 Å². The van der Waals surface area contributed by atoms with Gasteiger partial charge in [0.15, 0.2) is 0 Å². The van der Waals surface area contributed by atoms with Crippen LogP contribution in [-0.2, 0) is 13.1 Å². The van der Waals surface area contributed by atoms with Crippen molar-refractivity contribution in [2.24, 2.45) is 0 Å². The number of halogens is 1. The first-order valence-corrected chi connectivity index (χ1v) is 6.70. The number of anilines is 2. The van der Waals surface area contributed by atoms with Crippen LogP contribution in [0.1, 0.15) is 11.1 Å². The Morgan fingerprint density at radius 2 is 1.95 bits per heavy atom. The molecule has 0 aliphatic heterocycles. The monoisotopic (exact) mass is 276 g/mol. The first-order valence-electron chi connectivity index (χ1n) is 6.70. The Balaban J connectivity index is 2.03. The zero-order valence-electron chi connectivity index (χ0n) is 12.2. The van der Waals surface area contributed by atoms with Gasteiger partial charge in [-0.25, -0.2) is 9.07 Å². The molecule has 0 atom stereocenters. The lowest BCUT2D eigenvalue weighted by molar-refractivity contribution is 0.429. The summed E-state index contributed by atoms with van der Waals surface area (Å²) in [4.78, 5) is 2.07. The highest BCUT2D eigenvalue weighted by Gasteiger charge is 2.06. The maximum absolute atomic E-state index is 12.5. The first-order chi connectivity index (χ1) is 9.61. The zero-order chi connectivity index (χ0) is 14.5. The van der Waals surface area contributed by atoms with Gasteiger partial charge in [-0.1, -0.05) is 12.1 Å². The van der Waals surface area contributed by atoms with Gasteiger partial charge in [-0.3, -0.25) is 0 Å². The molecular weight excluding hydrogens is 255 g/mol. The quantitative estimate of drug-likeness (QED) is 0.880. The number of rotatable bonds is 6.